The molecule has 0 bridgehead atoms. The molecule has 0 aromatic carbocycles. The lowest BCUT2D eigenvalue weighted by Crippen LogP contribution is -2.26. The van der Waals surface area contributed by atoms with E-state index < -0.39 is 0 Å². The Kier molecular flexibility index (Phi) is 2.68. The zero-order chi connectivity index (χ0) is 7.40. The molecule has 1 heterocycles. The van der Waals surface area contributed by atoms with Crippen molar-refractivity contribution in [2.24, 2.45) is 5.84 Å². The first kappa shape index (κ1) is 7.53. The third-order valence-electron chi connectivity index (χ3n) is 1.09. The number of hydrogen-bond acceptors (Lipinski definition) is 3. The van der Waals surface area contributed by atoms with Crippen molar-refractivity contribution in [3.63, 3.8) is 0 Å². The van der Waals surface area contributed by atoms with Crippen molar-refractivity contribution in [1.29, 1.82) is 0 Å². The lowest BCUT2D eigenvalue weighted by Gasteiger charge is -1.97. The number of hydrazine groups is 1. The van der Waals surface area contributed by atoms with Gasteiger partial charge in [-0.2, -0.15) is 5.10 Å². The molecule has 0 radical (unpaired) electrons. The van der Waals surface area contributed by atoms with Crippen LogP contribution in [0.3, 0.4) is 0 Å². The van der Waals surface area contributed by atoms with Gasteiger partial charge in [0.2, 0.25) is 0 Å². The molecule has 0 amide bonds. The van der Waals surface area contributed by atoms with Gasteiger partial charge in [0.1, 0.15) is 0 Å². The summed E-state index contributed by atoms with van der Waals surface area (Å²) in [5.41, 5.74) is 2.52. The van der Waals surface area contributed by atoms with E-state index in [0.29, 0.717) is 11.6 Å². The van der Waals surface area contributed by atoms with Gasteiger partial charge in [0, 0.05) is 12.7 Å². The van der Waals surface area contributed by atoms with Gasteiger partial charge in [-0.1, -0.05) is 11.6 Å². The Morgan fingerprint density at radius 3 is 3.10 bits per heavy atom. The molecule has 0 aliphatic carbocycles. The Morgan fingerprint density at radius 2 is 2.60 bits per heavy atom. The Labute approximate surface area is 63.9 Å². The summed E-state index contributed by atoms with van der Waals surface area (Å²) in [5, 5.41) is 4.59. The second-order valence-corrected chi connectivity index (χ2v) is 2.31. The largest absolute Gasteiger partial charge is 0.271 e. The lowest BCUT2D eigenvalue weighted by molar-refractivity contribution is 0.567. The Bertz CT molecular complexity index is 197. The molecular formula is C5H9ClN4. The molecule has 3 N–H and O–H groups in total. The highest BCUT2D eigenvalue weighted by molar-refractivity contribution is 6.30. The molecule has 0 saturated heterocycles. The highest BCUT2D eigenvalue weighted by atomic mass is 35.5. The van der Waals surface area contributed by atoms with Crippen LogP contribution in [0.15, 0.2) is 12.4 Å². The summed E-state index contributed by atoms with van der Waals surface area (Å²) < 4.78 is 1.72. The number of nitrogens with one attached hydrogen (secondary N) is 1. The second kappa shape index (κ2) is 3.55. The Hall–Kier alpha value is -0.580. The predicted molar refractivity (Wildman–Crippen MR) is 39.4 cm³/mol. The van der Waals surface area contributed by atoms with Crippen molar-refractivity contribution in [3.8, 4) is 0 Å². The average molecular weight is 161 g/mol. The van der Waals surface area contributed by atoms with Gasteiger partial charge >= 0.3 is 0 Å². The minimum absolute atomic E-state index is 0.650. The molecule has 1 aromatic rings. The van der Waals surface area contributed by atoms with E-state index >= 15 is 0 Å². The molecule has 10 heavy (non-hydrogen) atoms. The fraction of sp³-hybridized carbons (Fsp3) is 0.400. The number of rotatable bonds is 3. The SMILES string of the molecule is NNCCn1cc(Cl)cn1. The standard InChI is InChI=1S/C5H9ClN4/c6-5-3-9-10(4-5)2-1-8-7/h3-4,8H,1-2,7H2. The van der Waals surface area contributed by atoms with E-state index in [4.69, 9.17) is 17.4 Å². The van der Waals surface area contributed by atoms with Crippen molar-refractivity contribution in [2.45, 2.75) is 6.54 Å². The van der Waals surface area contributed by atoms with E-state index in [1.807, 2.05) is 0 Å². The molecule has 1 rings (SSSR count). The van der Waals surface area contributed by atoms with Crippen molar-refractivity contribution in [3.05, 3.63) is 17.4 Å². The fourth-order valence-corrected chi connectivity index (χ4v) is 0.796. The molecule has 0 aliphatic rings. The van der Waals surface area contributed by atoms with Crippen molar-refractivity contribution in [1.82, 2.24) is 15.2 Å². The molecule has 0 aliphatic heterocycles. The highest BCUT2D eigenvalue weighted by Crippen LogP contribution is 2.03. The molecule has 0 unspecified atom stereocenters. The first-order valence-electron chi connectivity index (χ1n) is 2.94. The topological polar surface area (TPSA) is 55.9 Å². The van der Waals surface area contributed by atoms with E-state index in [1.165, 1.54) is 0 Å². The molecule has 1 aromatic heterocycles. The third kappa shape index (κ3) is 1.98. The van der Waals surface area contributed by atoms with Crippen molar-refractivity contribution in [2.75, 3.05) is 6.54 Å². The van der Waals surface area contributed by atoms with Crippen LogP contribution in [0.4, 0.5) is 0 Å². The van der Waals surface area contributed by atoms with Gasteiger partial charge < -0.3 is 0 Å². The normalized spacial score (nSPS) is 10.2. The number of nitrogens with two attached hydrogens (primary N) is 1. The van der Waals surface area contributed by atoms with Crippen LogP contribution in [-0.2, 0) is 6.54 Å². The van der Waals surface area contributed by atoms with Gasteiger partial charge in [0.15, 0.2) is 0 Å². The predicted octanol–water partition coefficient (Wildman–Crippen LogP) is -0.000200. The zero-order valence-electron chi connectivity index (χ0n) is 5.42. The van der Waals surface area contributed by atoms with Gasteiger partial charge in [-0.25, -0.2) is 0 Å². The Balaban J connectivity index is 2.42. The summed E-state index contributed by atoms with van der Waals surface area (Å²) in [4.78, 5) is 0. The van der Waals surface area contributed by atoms with Crippen LogP contribution >= 0.6 is 11.6 Å². The fourth-order valence-electron chi connectivity index (χ4n) is 0.640. The summed E-state index contributed by atoms with van der Waals surface area (Å²) >= 11 is 5.60. The minimum Gasteiger partial charge on any atom is -0.271 e. The molecule has 0 spiro atoms. The monoisotopic (exact) mass is 160 g/mol. The first-order chi connectivity index (χ1) is 4.83. The van der Waals surface area contributed by atoms with Crippen LogP contribution in [0, 0.1) is 0 Å². The number of hydrogen-bond donors (Lipinski definition) is 2. The highest BCUT2D eigenvalue weighted by Gasteiger charge is 1.92. The summed E-state index contributed by atoms with van der Waals surface area (Å²) in [6.07, 6.45) is 3.34. The Morgan fingerprint density at radius 1 is 1.80 bits per heavy atom. The first-order valence-corrected chi connectivity index (χ1v) is 3.32. The quantitative estimate of drug-likeness (QED) is 0.484. The van der Waals surface area contributed by atoms with Crippen LogP contribution in [0.1, 0.15) is 0 Å². The molecule has 0 atom stereocenters. The number of aromatic nitrogens is 2. The van der Waals surface area contributed by atoms with Crippen LogP contribution in [0.5, 0.6) is 0 Å². The van der Waals surface area contributed by atoms with E-state index in [0.717, 1.165) is 6.54 Å². The second-order valence-electron chi connectivity index (χ2n) is 1.88. The zero-order valence-corrected chi connectivity index (χ0v) is 6.17. The maximum atomic E-state index is 5.60. The summed E-state index contributed by atoms with van der Waals surface area (Å²) in [7, 11) is 0. The molecule has 56 valence electrons. The van der Waals surface area contributed by atoms with Gasteiger partial charge in [-0.15, -0.1) is 0 Å². The molecule has 0 fully saturated rings. The lowest BCUT2D eigenvalue weighted by atomic mass is 10.6. The van der Waals surface area contributed by atoms with Crippen molar-refractivity contribution < 1.29 is 0 Å². The van der Waals surface area contributed by atoms with E-state index in [2.05, 4.69) is 10.5 Å². The maximum Gasteiger partial charge on any atom is 0.0785 e. The average Bonchev–Trinajstić information content (AvgIpc) is 2.31. The van der Waals surface area contributed by atoms with Crippen LogP contribution in [0.25, 0.3) is 0 Å². The summed E-state index contributed by atoms with van der Waals surface area (Å²) in [5.74, 6) is 5.06. The minimum atomic E-state index is 0.650. The molecule has 4 nitrogen and oxygen atoms in total. The third-order valence-corrected chi connectivity index (χ3v) is 1.28. The van der Waals surface area contributed by atoms with E-state index in [9.17, 15) is 0 Å². The molecular weight excluding hydrogens is 152 g/mol. The molecule has 5 heteroatoms. The summed E-state index contributed by atoms with van der Waals surface area (Å²) in [6.45, 7) is 1.43. The number of halogens is 1. The maximum absolute atomic E-state index is 5.60. The van der Waals surface area contributed by atoms with Gasteiger partial charge in [-0.3, -0.25) is 16.0 Å². The van der Waals surface area contributed by atoms with E-state index in [-0.39, 0.29) is 0 Å². The number of nitrogens with zero attached hydrogens (tertiary/aromatic N) is 2. The van der Waals surface area contributed by atoms with Gasteiger partial charge in [-0.05, 0) is 0 Å². The van der Waals surface area contributed by atoms with Crippen molar-refractivity contribution >= 4 is 11.6 Å². The van der Waals surface area contributed by atoms with Crippen LogP contribution < -0.4 is 11.3 Å². The van der Waals surface area contributed by atoms with E-state index in [1.54, 1.807) is 17.1 Å². The van der Waals surface area contributed by atoms with Crippen LogP contribution in [0.2, 0.25) is 5.02 Å². The smallest absolute Gasteiger partial charge is 0.0785 e. The van der Waals surface area contributed by atoms with Crippen LogP contribution in [-0.4, -0.2) is 16.3 Å². The van der Waals surface area contributed by atoms with Gasteiger partial charge in [0.05, 0.1) is 17.8 Å². The summed E-state index contributed by atoms with van der Waals surface area (Å²) in [6, 6.07) is 0. The van der Waals surface area contributed by atoms with Gasteiger partial charge in [0.25, 0.3) is 0 Å². The molecule has 0 saturated carbocycles.